The van der Waals surface area contributed by atoms with Crippen molar-refractivity contribution in [2.24, 2.45) is 0 Å². The van der Waals surface area contributed by atoms with E-state index >= 15 is 0 Å². The average Bonchev–Trinajstić information content (AvgIpc) is 2.29. The van der Waals surface area contributed by atoms with Gasteiger partial charge < -0.3 is 10.4 Å². The summed E-state index contributed by atoms with van der Waals surface area (Å²) in [5, 5.41) is 18.9. The number of nitrogens with one attached hydrogen (secondary N) is 1. The smallest absolute Gasteiger partial charge is 0.328 e. The molecule has 0 atom stereocenters. The van der Waals surface area contributed by atoms with E-state index < -0.39 is 17.7 Å². The summed E-state index contributed by atoms with van der Waals surface area (Å²) >= 11 is 0. The zero-order valence-electron chi connectivity index (χ0n) is 8.48. The van der Waals surface area contributed by atoms with Gasteiger partial charge in [0.25, 0.3) is 0 Å². The summed E-state index contributed by atoms with van der Waals surface area (Å²) in [6, 6.07) is 5.27. The van der Waals surface area contributed by atoms with E-state index in [2.05, 4.69) is 5.32 Å². The number of halogens is 1. The van der Waals surface area contributed by atoms with Crippen molar-refractivity contribution in [1.82, 2.24) is 0 Å². The molecule has 0 fully saturated rings. The molecule has 0 radical (unpaired) electrons. The van der Waals surface area contributed by atoms with Gasteiger partial charge in [0.2, 0.25) is 5.91 Å². The molecule has 1 rings (SSSR count). The first-order valence-corrected chi connectivity index (χ1v) is 4.44. The molecule has 1 aromatic carbocycles. The lowest BCUT2D eigenvalue weighted by molar-refractivity contribution is -0.131. The van der Waals surface area contributed by atoms with Crippen molar-refractivity contribution in [2.75, 3.05) is 5.32 Å². The van der Waals surface area contributed by atoms with E-state index in [-0.39, 0.29) is 11.3 Å². The number of nitriles is 1. The largest absolute Gasteiger partial charge is 0.478 e. The van der Waals surface area contributed by atoms with Gasteiger partial charge in [0, 0.05) is 12.2 Å². The fourth-order valence-electron chi connectivity index (χ4n) is 1.01. The maximum atomic E-state index is 13.3. The first kappa shape index (κ1) is 12.4. The molecule has 2 N–H and O–H groups in total. The Kier molecular flexibility index (Phi) is 3.95. The first-order valence-electron chi connectivity index (χ1n) is 4.44. The third-order valence-electron chi connectivity index (χ3n) is 1.73. The Morgan fingerprint density at radius 1 is 1.41 bits per heavy atom. The van der Waals surface area contributed by atoms with E-state index in [1.54, 1.807) is 6.07 Å². The van der Waals surface area contributed by atoms with Crippen LogP contribution in [0.1, 0.15) is 5.56 Å². The third kappa shape index (κ3) is 3.76. The second-order valence-electron chi connectivity index (χ2n) is 2.97. The molecule has 1 aromatic rings. The molecule has 0 unspecified atom stereocenters. The van der Waals surface area contributed by atoms with Crippen LogP contribution in [0.25, 0.3) is 0 Å². The Hall–Kier alpha value is -2.68. The Labute approximate surface area is 95.8 Å². The minimum atomic E-state index is -1.28. The fourth-order valence-corrected chi connectivity index (χ4v) is 1.01. The van der Waals surface area contributed by atoms with Crippen molar-refractivity contribution in [2.45, 2.75) is 0 Å². The number of aliphatic carboxylic acids is 1. The predicted octanol–water partition coefficient (Wildman–Crippen LogP) is 1.28. The Morgan fingerprint density at radius 3 is 2.65 bits per heavy atom. The summed E-state index contributed by atoms with van der Waals surface area (Å²) in [6.07, 6.45) is 1.40. The third-order valence-corrected chi connectivity index (χ3v) is 1.73. The standard InChI is InChI=1S/C11H7FN2O3/c12-8-5-7(6-13)1-2-9(8)14-10(15)3-4-11(16)17/h1-5H,(H,14,15)(H,16,17)/b4-3+. The van der Waals surface area contributed by atoms with Gasteiger partial charge >= 0.3 is 5.97 Å². The van der Waals surface area contributed by atoms with Crippen LogP contribution in [0, 0.1) is 17.1 Å². The van der Waals surface area contributed by atoms with Gasteiger partial charge in [-0.2, -0.15) is 5.26 Å². The van der Waals surface area contributed by atoms with E-state index in [0.717, 1.165) is 12.1 Å². The number of nitrogens with zero attached hydrogens (tertiary/aromatic N) is 1. The summed E-state index contributed by atoms with van der Waals surface area (Å²) in [5.74, 6) is -2.81. The van der Waals surface area contributed by atoms with Crippen LogP contribution in [0.4, 0.5) is 10.1 Å². The van der Waals surface area contributed by atoms with E-state index in [1.165, 1.54) is 12.1 Å². The van der Waals surface area contributed by atoms with Gasteiger partial charge in [-0.05, 0) is 18.2 Å². The zero-order chi connectivity index (χ0) is 12.8. The molecule has 0 heterocycles. The summed E-state index contributed by atoms with van der Waals surface area (Å²) in [7, 11) is 0. The second-order valence-corrected chi connectivity index (χ2v) is 2.97. The average molecular weight is 234 g/mol. The van der Waals surface area contributed by atoms with Gasteiger partial charge in [0.15, 0.2) is 0 Å². The summed E-state index contributed by atoms with van der Waals surface area (Å²) in [4.78, 5) is 21.3. The SMILES string of the molecule is N#Cc1ccc(NC(=O)/C=C/C(=O)O)c(F)c1. The molecule has 0 saturated carbocycles. The van der Waals surface area contributed by atoms with Crippen molar-refractivity contribution in [3.05, 3.63) is 41.7 Å². The van der Waals surface area contributed by atoms with Crippen LogP contribution < -0.4 is 5.32 Å². The highest BCUT2D eigenvalue weighted by Gasteiger charge is 2.05. The van der Waals surface area contributed by atoms with Crippen molar-refractivity contribution in [1.29, 1.82) is 5.26 Å². The lowest BCUT2D eigenvalue weighted by Crippen LogP contribution is -2.10. The van der Waals surface area contributed by atoms with Crippen LogP contribution in [-0.4, -0.2) is 17.0 Å². The van der Waals surface area contributed by atoms with Crippen molar-refractivity contribution >= 4 is 17.6 Å². The van der Waals surface area contributed by atoms with E-state index in [4.69, 9.17) is 10.4 Å². The summed E-state index contributed by atoms with van der Waals surface area (Å²) < 4.78 is 13.3. The van der Waals surface area contributed by atoms with E-state index in [9.17, 15) is 14.0 Å². The van der Waals surface area contributed by atoms with Crippen molar-refractivity contribution < 1.29 is 19.1 Å². The molecule has 0 saturated heterocycles. The molecule has 5 nitrogen and oxygen atoms in total. The number of carboxylic acid groups (broad SMARTS) is 1. The van der Waals surface area contributed by atoms with Gasteiger partial charge in [0.1, 0.15) is 5.82 Å². The summed E-state index contributed by atoms with van der Waals surface area (Å²) in [5.41, 5.74) is 0.00520. The van der Waals surface area contributed by atoms with Crippen LogP contribution >= 0.6 is 0 Å². The Balaban J connectivity index is 2.79. The van der Waals surface area contributed by atoms with Gasteiger partial charge in [0.05, 0.1) is 17.3 Å². The van der Waals surface area contributed by atoms with Gasteiger partial charge in [-0.25, -0.2) is 9.18 Å². The molecule has 0 aromatic heterocycles. The van der Waals surface area contributed by atoms with Crippen LogP contribution in [0.2, 0.25) is 0 Å². The number of carbonyl (C=O) groups is 2. The van der Waals surface area contributed by atoms with Gasteiger partial charge in [-0.1, -0.05) is 0 Å². The Bertz CT molecular complexity index is 532. The number of hydrogen-bond acceptors (Lipinski definition) is 3. The van der Waals surface area contributed by atoms with Gasteiger partial charge in [-0.3, -0.25) is 4.79 Å². The first-order chi connectivity index (χ1) is 8.02. The molecule has 6 heteroatoms. The highest BCUT2D eigenvalue weighted by atomic mass is 19.1. The molecule has 86 valence electrons. The van der Waals surface area contributed by atoms with Crippen LogP contribution in [0.15, 0.2) is 30.4 Å². The minimum absolute atomic E-state index is 0.121. The molecular formula is C11H7FN2O3. The van der Waals surface area contributed by atoms with E-state index in [1.807, 2.05) is 0 Å². The van der Waals surface area contributed by atoms with Crippen LogP contribution in [-0.2, 0) is 9.59 Å². The molecule has 0 bridgehead atoms. The molecule has 1 amide bonds. The predicted molar refractivity (Wildman–Crippen MR) is 56.5 cm³/mol. The normalized spacial score (nSPS) is 9.88. The monoisotopic (exact) mass is 234 g/mol. The lowest BCUT2D eigenvalue weighted by atomic mass is 10.2. The molecule has 17 heavy (non-hydrogen) atoms. The number of hydrogen-bond donors (Lipinski definition) is 2. The molecule has 0 aliphatic heterocycles. The number of amides is 1. The summed E-state index contributed by atoms with van der Waals surface area (Å²) in [6.45, 7) is 0. The van der Waals surface area contributed by atoms with E-state index in [0.29, 0.717) is 6.08 Å². The number of carbonyl (C=O) groups excluding carboxylic acids is 1. The molecule has 0 aliphatic carbocycles. The number of benzene rings is 1. The quantitative estimate of drug-likeness (QED) is 0.770. The maximum Gasteiger partial charge on any atom is 0.328 e. The molecule has 0 aliphatic rings. The topological polar surface area (TPSA) is 90.2 Å². The fraction of sp³-hybridized carbons (Fsp3) is 0. The minimum Gasteiger partial charge on any atom is -0.478 e. The highest BCUT2D eigenvalue weighted by Crippen LogP contribution is 2.15. The van der Waals surface area contributed by atoms with Gasteiger partial charge in [-0.15, -0.1) is 0 Å². The number of carboxylic acids is 1. The molecular weight excluding hydrogens is 227 g/mol. The highest BCUT2D eigenvalue weighted by molar-refractivity contribution is 6.02. The van der Waals surface area contributed by atoms with Crippen LogP contribution in [0.3, 0.4) is 0 Å². The lowest BCUT2D eigenvalue weighted by Gasteiger charge is -2.03. The van der Waals surface area contributed by atoms with Crippen LogP contribution in [0.5, 0.6) is 0 Å². The number of rotatable bonds is 3. The second kappa shape index (κ2) is 5.42. The zero-order valence-corrected chi connectivity index (χ0v) is 8.48. The maximum absolute atomic E-state index is 13.3. The van der Waals surface area contributed by atoms with Crippen molar-refractivity contribution in [3.8, 4) is 6.07 Å². The Morgan fingerprint density at radius 2 is 2.12 bits per heavy atom. The molecule has 0 spiro atoms. The number of anilines is 1. The van der Waals surface area contributed by atoms with Crippen molar-refractivity contribution in [3.63, 3.8) is 0 Å².